The third-order valence-corrected chi connectivity index (χ3v) is 2.65. The van der Waals surface area contributed by atoms with Gasteiger partial charge in [0.2, 0.25) is 5.91 Å². The molecule has 0 saturated heterocycles. The van der Waals surface area contributed by atoms with E-state index in [0.717, 1.165) is 11.3 Å². The van der Waals surface area contributed by atoms with E-state index in [2.05, 4.69) is 19.2 Å². The van der Waals surface area contributed by atoms with Crippen LogP contribution in [0.2, 0.25) is 0 Å². The monoisotopic (exact) mass is 190 g/mol. The summed E-state index contributed by atoms with van der Waals surface area (Å²) in [4.78, 5) is 11.4. The molecule has 0 aromatic heterocycles. The number of benzene rings is 1. The largest absolute Gasteiger partial charge is 0.399 e. The second kappa shape index (κ2) is 2.74. The Labute approximate surface area is 83.3 Å². The van der Waals surface area contributed by atoms with Crippen LogP contribution in [-0.2, 0) is 10.2 Å². The average molecular weight is 190 g/mol. The Morgan fingerprint density at radius 1 is 1.43 bits per heavy atom. The number of nitrogens with one attached hydrogen (secondary N) is 1. The molecule has 74 valence electrons. The van der Waals surface area contributed by atoms with Gasteiger partial charge in [0.05, 0.1) is 0 Å². The normalized spacial score (nSPS) is 18.6. The number of fused-ring (bicyclic) bond motifs is 1. The summed E-state index contributed by atoms with van der Waals surface area (Å²) in [6.45, 7) is 4.14. The maximum absolute atomic E-state index is 11.4. The first-order valence-electron chi connectivity index (χ1n) is 4.69. The minimum Gasteiger partial charge on any atom is -0.399 e. The maximum atomic E-state index is 11.4. The SMILES string of the molecule is CC1(C)CC(=O)Nc2cc(N)ccc21. The van der Waals surface area contributed by atoms with Crippen molar-refractivity contribution in [3.63, 3.8) is 0 Å². The molecule has 0 spiro atoms. The molecule has 0 unspecified atom stereocenters. The average Bonchev–Trinajstić information content (AvgIpc) is 2.00. The molecule has 3 N–H and O–H groups in total. The topological polar surface area (TPSA) is 55.1 Å². The van der Waals surface area contributed by atoms with Crippen LogP contribution in [0, 0.1) is 0 Å². The zero-order valence-corrected chi connectivity index (χ0v) is 8.42. The summed E-state index contributed by atoms with van der Waals surface area (Å²) >= 11 is 0. The number of hydrogen-bond donors (Lipinski definition) is 2. The van der Waals surface area contributed by atoms with Crippen LogP contribution in [0.15, 0.2) is 18.2 Å². The lowest BCUT2D eigenvalue weighted by Gasteiger charge is -2.32. The van der Waals surface area contributed by atoms with Crippen LogP contribution in [0.3, 0.4) is 0 Å². The minimum absolute atomic E-state index is 0.0631. The van der Waals surface area contributed by atoms with Gasteiger partial charge in [-0.15, -0.1) is 0 Å². The van der Waals surface area contributed by atoms with Crippen LogP contribution in [-0.4, -0.2) is 5.91 Å². The van der Waals surface area contributed by atoms with E-state index in [0.29, 0.717) is 12.1 Å². The van der Waals surface area contributed by atoms with Crippen molar-refractivity contribution in [3.8, 4) is 0 Å². The summed E-state index contributed by atoms with van der Waals surface area (Å²) in [6.07, 6.45) is 0.532. The van der Waals surface area contributed by atoms with Crippen molar-refractivity contribution < 1.29 is 4.79 Å². The number of anilines is 2. The van der Waals surface area contributed by atoms with E-state index in [-0.39, 0.29) is 11.3 Å². The smallest absolute Gasteiger partial charge is 0.225 e. The highest BCUT2D eigenvalue weighted by atomic mass is 16.1. The van der Waals surface area contributed by atoms with E-state index in [4.69, 9.17) is 5.73 Å². The van der Waals surface area contributed by atoms with Gasteiger partial charge in [-0.3, -0.25) is 4.79 Å². The number of carbonyl (C=O) groups excluding carboxylic acids is 1. The molecule has 0 bridgehead atoms. The Hall–Kier alpha value is -1.51. The first-order chi connectivity index (χ1) is 6.49. The molecule has 0 radical (unpaired) electrons. The second-order valence-corrected chi connectivity index (χ2v) is 4.41. The lowest BCUT2D eigenvalue weighted by molar-refractivity contribution is -0.117. The molecule has 2 rings (SSSR count). The van der Waals surface area contributed by atoms with E-state index in [9.17, 15) is 4.79 Å². The number of nitrogen functional groups attached to an aromatic ring is 1. The van der Waals surface area contributed by atoms with Gasteiger partial charge in [-0.2, -0.15) is 0 Å². The summed E-state index contributed by atoms with van der Waals surface area (Å²) in [5.41, 5.74) is 8.27. The van der Waals surface area contributed by atoms with Crippen molar-refractivity contribution in [1.29, 1.82) is 0 Å². The van der Waals surface area contributed by atoms with Crippen LogP contribution < -0.4 is 11.1 Å². The quantitative estimate of drug-likeness (QED) is 0.614. The maximum Gasteiger partial charge on any atom is 0.225 e. The van der Waals surface area contributed by atoms with Crippen molar-refractivity contribution in [2.75, 3.05) is 11.1 Å². The van der Waals surface area contributed by atoms with Crippen molar-refractivity contribution in [1.82, 2.24) is 0 Å². The first-order valence-corrected chi connectivity index (χ1v) is 4.69. The zero-order chi connectivity index (χ0) is 10.3. The van der Waals surface area contributed by atoms with Gasteiger partial charge >= 0.3 is 0 Å². The van der Waals surface area contributed by atoms with Crippen LogP contribution >= 0.6 is 0 Å². The molecular weight excluding hydrogens is 176 g/mol. The van der Waals surface area contributed by atoms with Gasteiger partial charge in [0.15, 0.2) is 0 Å². The van der Waals surface area contributed by atoms with E-state index < -0.39 is 0 Å². The van der Waals surface area contributed by atoms with Crippen LogP contribution in [0.1, 0.15) is 25.8 Å². The molecule has 1 amide bonds. The standard InChI is InChI=1S/C11H14N2O/c1-11(2)6-10(14)13-9-5-7(12)3-4-8(9)11/h3-5H,6,12H2,1-2H3,(H,13,14). The number of carbonyl (C=O) groups is 1. The summed E-state index contributed by atoms with van der Waals surface area (Å²) in [5, 5.41) is 2.84. The molecule has 1 aromatic carbocycles. The molecule has 14 heavy (non-hydrogen) atoms. The van der Waals surface area contributed by atoms with Crippen LogP contribution in [0.4, 0.5) is 11.4 Å². The Bertz CT molecular complexity index is 396. The molecule has 1 aliphatic heterocycles. The van der Waals surface area contributed by atoms with Crippen LogP contribution in [0.25, 0.3) is 0 Å². The highest BCUT2D eigenvalue weighted by molar-refractivity contribution is 5.96. The number of nitrogens with two attached hydrogens (primary N) is 1. The number of hydrogen-bond acceptors (Lipinski definition) is 2. The van der Waals surface area contributed by atoms with Gasteiger partial charge in [0, 0.05) is 23.2 Å². The van der Waals surface area contributed by atoms with Gasteiger partial charge in [0.1, 0.15) is 0 Å². The molecule has 0 saturated carbocycles. The third kappa shape index (κ3) is 1.35. The molecule has 1 aromatic rings. The first kappa shape index (κ1) is 9.06. The third-order valence-electron chi connectivity index (χ3n) is 2.65. The van der Waals surface area contributed by atoms with Crippen molar-refractivity contribution in [2.24, 2.45) is 0 Å². The summed E-state index contributed by atoms with van der Waals surface area (Å²) in [7, 11) is 0. The summed E-state index contributed by atoms with van der Waals surface area (Å²) in [5.74, 6) is 0.0631. The lowest BCUT2D eigenvalue weighted by Crippen LogP contribution is -2.32. The van der Waals surface area contributed by atoms with E-state index >= 15 is 0 Å². The van der Waals surface area contributed by atoms with Gasteiger partial charge in [-0.1, -0.05) is 19.9 Å². The molecule has 1 heterocycles. The second-order valence-electron chi connectivity index (χ2n) is 4.41. The Balaban J connectivity index is 2.57. The van der Waals surface area contributed by atoms with Gasteiger partial charge < -0.3 is 11.1 Å². The van der Waals surface area contributed by atoms with E-state index in [1.54, 1.807) is 0 Å². The summed E-state index contributed by atoms with van der Waals surface area (Å²) < 4.78 is 0. The molecular formula is C11H14N2O. The predicted molar refractivity (Wildman–Crippen MR) is 57.1 cm³/mol. The Morgan fingerprint density at radius 2 is 2.14 bits per heavy atom. The minimum atomic E-state index is -0.0919. The molecule has 0 atom stereocenters. The van der Waals surface area contributed by atoms with Crippen LogP contribution in [0.5, 0.6) is 0 Å². The molecule has 0 aliphatic carbocycles. The fourth-order valence-electron chi connectivity index (χ4n) is 1.95. The Morgan fingerprint density at radius 3 is 2.86 bits per heavy atom. The van der Waals surface area contributed by atoms with Crippen molar-refractivity contribution in [2.45, 2.75) is 25.7 Å². The molecule has 3 nitrogen and oxygen atoms in total. The number of rotatable bonds is 0. The zero-order valence-electron chi connectivity index (χ0n) is 8.42. The summed E-state index contributed by atoms with van der Waals surface area (Å²) in [6, 6.07) is 5.68. The fourth-order valence-corrected chi connectivity index (χ4v) is 1.95. The lowest BCUT2D eigenvalue weighted by atomic mass is 9.78. The highest BCUT2D eigenvalue weighted by Gasteiger charge is 2.31. The number of amides is 1. The van der Waals surface area contributed by atoms with E-state index in [1.165, 1.54) is 0 Å². The fraction of sp³-hybridized carbons (Fsp3) is 0.364. The van der Waals surface area contributed by atoms with E-state index in [1.807, 2.05) is 18.2 Å². The molecule has 0 fully saturated rings. The molecule has 1 aliphatic rings. The Kier molecular flexibility index (Phi) is 1.77. The van der Waals surface area contributed by atoms with Gasteiger partial charge in [-0.25, -0.2) is 0 Å². The van der Waals surface area contributed by atoms with Crippen molar-refractivity contribution in [3.05, 3.63) is 23.8 Å². The van der Waals surface area contributed by atoms with Gasteiger partial charge in [-0.05, 0) is 17.7 Å². The van der Waals surface area contributed by atoms with Crippen molar-refractivity contribution >= 4 is 17.3 Å². The highest BCUT2D eigenvalue weighted by Crippen LogP contribution is 2.37. The van der Waals surface area contributed by atoms with Gasteiger partial charge in [0.25, 0.3) is 0 Å². The predicted octanol–water partition coefficient (Wildman–Crippen LogP) is 1.89. The molecule has 3 heteroatoms.